The summed E-state index contributed by atoms with van der Waals surface area (Å²) in [5.74, 6) is 1.37. The van der Waals surface area contributed by atoms with Crippen molar-refractivity contribution < 1.29 is 0 Å². The summed E-state index contributed by atoms with van der Waals surface area (Å²) in [4.78, 5) is 0. The summed E-state index contributed by atoms with van der Waals surface area (Å²) in [5.41, 5.74) is 0. The molecule has 0 spiro atoms. The Morgan fingerprint density at radius 2 is 2.40 bits per heavy atom. The summed E-state index contributed by atoms with van der Waals surface area (Å²) >= 11 is 1.94. The van der Waals surface area contributed by atoms with Crippen LogP contribution in [0.4, 0.5) is 0 Å². The van der Waals surface area contributed by atoms with Gasteiger partial charge >= 0.3 is 0 Å². The van der Waals surface area contributed by atoms with E-state index in [-0.39, 0.29) is 0 Å². The van der Waals surface area contributed by atoms with Crippen LogP contribution in [0.2, 0.25) is 6.04 Å². The lowest BCUT2D eigenvalue weighted by molar-refractivity contribution is 1.51. The highest BCUT2D eigenvalue weighted by molar-refractivity contribution is 7.98. The number of thioether (sulfide) groups is 1. The minimum Gasteiger partial charge on any atom is -0.166 e. The molecule has 0 aromatic heterocycles. The molecule has 0 saturated carbocycles. The molecular formula is C3H10SSi. The minimum atomic E-state index is 1.37. The van der Waals surface area contributed by atoms with E-state index in [0.29, 0.717) is 0 Å². The fraction of sp³-hybridized carbons (Fsp3) is 1.00. The van der Waals surface area contributed by atoms with E-state index in [1.807, 2.05) is 11.8 Å². The predicted molar refractivity (Wildman–Crippen MR) is 33.1 cm³/mol. The van der Waals surface area contributed by atoms with Crippen molar-refractivity contribution in [2.45, 2.75) is 6.04 Å². The maximum atomic E-state index is 2.15. The molecule has 0 unspecified atom stereocenters. The first-order valence-corrected chi connectivity index (χ1v) is 4.71. The summed E-state index contributed by atoms with van der Waals surface area (Å²) in [6, 6.07) is 1.45. The molecule has 0 atom stereocenters. The van der Waals surface area contributed by atoms with Gasteiger partial charge in [0.05, 0.1) is 0 Å². The van der Waals surface area contributed by atoms with Gasteiger partial charge in [-0.05, 0) is 12.0 Å². The van der Waals surface area contributed by atoms with Gasteiger partial charge in [-0.1, -0.05) is 6.04 Å². The highest BCUT2D eigenvalue weighted by Gasteiger charge is 1.68. The van der Waals surface area contributed by atoms with E-state index in [4.69, 9.17) is 0 Å². The smallest absolute Gasteiger partial charge is 0.00384 e. The summed E-state index contributed by atoms with van der Waals surface area (Å²) < 4.78 is 0. The molecule has 0 rings (SSSR count). The Morgan fingerprint density at radius 3 is 2.40 bits per heavy atom. The molecule has 0 aliphatic heterocycles. The summed E-state index contributed by atoms with van der Waals surface area (Å²) in [5, 5.41) is 0. The molecule has 0 N–H and O–H groups in total. The molecule has 0 radical (unpaired) electrons. The van der Waals surface area contributed by atoms with Gasteiger partial charge in [0, 0.05) is 10.2 Å². The molecule has 0 aliphatic rings. The molecule has 0 fully saturated rings. The zero-order valence-electron chi connectivity index (χ0n) is 3.82. The number of hydrogen-bond donors (Lipinski definition) is 0. The van der Waals surface area contributed by atoms with Crippen molar-refractivity contribution in [2.24, 2.45) is 0 Å². The van der Waals surface area contributed by atoms with Crippen LogP contribution >= 0.6 is 11.8 Å². The van der Waals surface area contributed by atoms with E-state index >= 15 is 0 Å². The van der Waals surface area contributed by atoms with Crippen molar-refractivity contribution >= 4 is 22.0 Å². The predicted octanol–water partition coefficient (Wildman–Crippen LogP) is 0.133. The third-order valence-electron chi connectivity index (χ3n) is 0.408. The molecule has 0 heterocycles. The van der Waals surface area contributed by atoms with Crippen LogP contribution in [0, 0.1) is 0 Å². The van der Waals surface area contributed by atoms with E-state index in [1.165, 1.54) is 22.0 Å². The van der Waals surface area contributed by atoms with Crippen molar-refractivity contribution in [3.8, 4) is 0 Å². The van der Waals surface area contributed by atoms with E-state index in [0.717, 1.165) is 0 Å². The summed E-state index contributed by atoms with van der Waals surface area (Å²) in [6.07, 6.45) is 2.15. The quantitative estimate of drug-likeness (QED) is 0.451. The Labute approximate surface area is 40.8 Å². The van der Waals surface area contributed by atoms with Crippen LogP contribution in [0.15, 0.2) is 0 Å². The second-order valence-electron chi connectivity index (χ2n) is 0.993. The third-order valence-corrected chi connectivity index (χ3v) is 2.45. The Bertz CT molecular complexity index is 14.4. The summed E-state index contributed by atoms with van der Waals surface area (Å²) in [6.45, 7) is 0. The zero-order valence-corrected chi connectivity index (χ0v) is 6.64. The van der Waals surface area contributed by atoms with Crippen molar-refractivity contribution in [3.05, 3.63) is 0 Å². The zero-order chi connectivity index (χ0) is 4.12. The third kappa shape index (κ3) is 4.57. The van der Waals surface area contributed by atoms with E-state index in [1.54, 1.807) is 0 Å². The Hall–Kier alpha value is 0.567. The second-order valence-corrected chi connectivity index (χ2v) is 2.98. The van der Waals surface area contributed by atoms with Crippen molar-refractivity contribution in [1.82, 2.24) is 0 Å². The standard InChI is InChI=1S/C3H10SSi/c1-4-2-3-5/h2-3H2,1,5H3. The van der Waals surface area contributed by atoms with E-state index < -0.39 is 0 Å². The first-order chi connectivity index (χ1) is 2.41. The molecule has 5 heavy (non-hydrogen) atoms. The average molecular weight is 106 g/mol. The highest BCUT2D eigenvalue weighted by Crippen LogP contribution is 1.90. The molecule has 0 amide bonds. The Kier molecular flexibility index (Phi) is 5.08. The van der Waals surface area contributed by atoms with Gasteiger partial charge in [0.2, 0.25) is 0 Å². The number of rotatable bonds is 2. The maximum Gasteiger partial charge on any atom is 0.00384 e. The van der Waals surface area contributed by atoms with Crippen LogP contribution in [-0.4, -0.2) is 22.3 Å². The van der Waals surface area contributed by atoms with Crippen molar-refractivity contribution in [2.75, 3.05) is 12.0 Å². The van der Waals surface area contributed by atoms with Crippen LogP contribution in [-0.2, 0) is 0 Å². The van der Waals surface area contributed by atoms with Gasteiger partial charge in [0.25, 0.3) is 0 Å². The monoisotopic (exact) mass is 106 g/mol. The van der Waals surface area contributed by atoms with Crippen LogP contribution in [0.25, 0.3) is 0 Å². The van der Waals surface area contributed by atoms with Gasteiger partial charge in [-0.25, -0.2) is 0 Å². The van der Waals surface area contributed by atoms with E-state index in [2.05, 4.69) is 6.26 Å². The summed E-state index contributed by atoms with van der Waals surface area (Å²) in [7, 11) is 1.38. The van der Waals surface area contributed by atoms with Gasteiger partial charge in [-0.15, -0.1) is 0 Å². The lowest BCUT2D eigenvalue weighted by Gasteiger charge is -1.79. The lowest BCUT2D eigenvalue weighted by Crippen LogP contribution is -1.69. The van der Waals surface area contributed by atoms with Gasteiger partial charge in [-0.3, -0.25) is 0 Å². The average Bonchev–Trinajstić information content (AvgIpc) is 1.41. The fourth-order valence-corrected chi connectivity index (χ4v) is 1.84. The molecule has 0 aliphatic carbocycles. The molecular weight excluding hydrogens is 96.2 g/mol. The van der Waals surface area contributed by atoms with Crippen LogP contribution in [0.1, 0.15) is 0 Å². The number of hydrogen-bond acceptors (Lipinski definition) is 1. The largest absolute Gasteiger partial charge is 0.166 e. The topological polar surface area (TPSA) is 0 Å². The molecule has 0 nitrogen and oxygen atoms in total. The first kappa shape index (κ1) is 5.57. The highest BCUT2D eigenvalue weighted by atomic mass is 32.2. The second kappa shape index (κ2) is 4.57. The van der Waals surface area contributed by atoms with Gasteiger partial charge in [-0.2, -0.15) is 11.8 Å². The van der Waals surface area contributed by atoms with Crippen LogP contribution < -0.4 is 0 Å². The molecule has 2 heteroatoms. The van der Waals surface area contributed by atoms with Gasteiger partial charge < -0.3 is 0 Å². The maximum absolute atomic E-state index is 2.15. The van der Waals surface area contributed by atoms with Crippen molar-refractivity contribution in [3.63, 3.8) is 0 Å². The molecule has 0 bridgehead atoms. The Morgan fingerprint density at radius 1 is 1.80 bits per heavy atom. The SMILES string of the molecule is CSCC[SiH3]. The fourth-order valence-electron chi connectivity index (χ4n) is 0.204. The van der Waals surface area contributed by atoms with E-state index in [9.17, 15) is 0 Å². The lowest BCUT2D eigenvalue weighted by atomic mass is 11.0. The molecule has 0 aromatic carbocycles. The minimum absolute atomic E-state index is 1.37. The van der Waals surface area contributed by atoms with Gasteiger partial charge in [0.15, 0.2) is 0 Å². The first-order valence-electron chi connectivity index (χ1n) is 1.90. The molecule has 32 valence electrons. The Balaban J connectivity index is 2.19. The van der Waals surface area contributed by atoms with Crippen molar-refractivity contribution in [1.29, 1.82) is 0 Å². The van der Waals surface area contributed by atoms with Crippen LogP contribution in [0.3, 0.4) is 0 Å². The normalized spacial score (nSPS) is 9.00. The van der Waals surface area contributed by atoms with Gasteiger partial charge in [0.1, 0.15) is 0 Å². The van der Waals surface area contributed by atoms with Crippen LogP contribution in [0.5, 0.6) is 0 Å². The molecule has 0 aromatic rings. The molecule has 0 saturated heterocycles.